The lowest BCUT2D eigenvalue weighted by atomic mass is 10.0. The van der Waals surface area contributed by atoms with Crippen LogP contribution in [0.4, 0.5) is 0 Å². The maximum Gasteiger partial charge on any atom is 0.280 e. The summed E-state index contributed by atoms with van der Waals surface area (Å²) in [7, 11) is -0.694. The van der Waals surface area contributed by atoms with Gasteiger partial charge in [0.05, 0.1) is 6.07 Å². The lowest BCUT2D eigenvalue weighted by Gasteiger charge is -2.23. The smallest absolute Gasteiger partial charge is 0.196 e. The Labute approximate surface area is 79.5 Å². The van der Waals surface area contributed by atoms with Crippen LogP contribution >= 0.6 is 0 Å². The molecule has 0 aromatic carbocycles. The van der Waals surface area contributed by atoms with Gasteiger partial charge in [-0.25, -0.2) is 0 Å². The second kappa shape index (κ2) is 4.05. The highest BCUT2D eigenvalue weighted by Gasteiger charge is 2.28. The summed E-state index contributed by atoms with van der Waals surface area (Å²) in [5.41, 5.74) is -1.02. The molecule has 0 amide bonds. The summed E-state index contributed by atoms with van der Waals surface area (Å²) < 4.78 is 26.0. The molecule has 0 rings (SSSR count). The fourth-order valence-corrected chi connectivity index (χ4v) is 1.49. The van der Waals surface area contributed by atoms with E-state index in [0.29, 0.717) is 6.42 Å². The molecule has 0 heterocycles. The van der Waals surface area contributed by atoms with Crippen molar-refractivity contribution in [3.63, 3.8) is 0 Å². The monoisotopic (exact) mass is 205 g/mol. The van der Waals surface area contributed by atoms with Gasteiger partial charge >= 0.3 is 0 Å². The second-order valence-corrected chi connectivity index (χ2v) is 5.07. The summed E-state index contributed by atoms with van der Waals surface area (Å²) in [6.45, 7) is 3.30. The molecule has 6 heteroatoms. The molecule has 13 heavy (non-hydrogen) atoms. The summed E-state index contributed by atoms with van der Waals surface area (Å²) >= 11 is 0. The van der Waals surface area contributed by atoms with Crippen molar-refractivity contribution < 1.29 is 8.42 Å². The molecular formula is C7H15N3O2S. The topological polar surface area (TPSA) is 73.2 Å². The van der Waals surface area contributed by atoms with Crippen molar-refractivity contribution in [1.82, 2.24) is 9.03 Å². The van der Waals surface area contributed by atoms with Crippen molar-refractivity contribution in [3.8, 4) is 6.07 Å². The summed E-state index contributed by atoms with van der Waals surface area (Å²) in [5, 5.41) is 8.73. The first-order chi connectivity index (χ1) is 5.77. The number of nitrogens with zero attached hydrogens (tertiary/aromatic N) is 2. The van der Waals surface area contributed by atoms with Crippen LogP contribution in [0.25, 0.3) is 0 Å². The average molecular weight is 205 g/mol. The van der Waals surface area contributed by atoms with Crippen molar-refractivity contribution >= 4 is 10.2 Å². The first-order valence-electron chi connectivity index (χ1n) is 3.90. The van der Waals surface area contributed by atoms with Gasteiger partial charge in [-0.1, -0.05) is 6.92 Å². The minimum atomic E-state index is -3.52. The first-order valence-corrected chi connectivity index (χ1v) is 5.34. The van der Waals surface area contributed by atoms with Crippen LogP contribution in [0, 0.1) is 11.3 Å². The fourth-order valence-electron chi connectivity index (χ4n) is 0.550. The molecule has 76 valence electrons. The van der Waals surface area contributed by atoms with Gasteiger partial charge in [0.2, 0.25) is 0 Å². The summed E-state index contributed by atoms with van der Waals surface area (Å²) in [4.78, 5) is 0. The standard InChI is InChI=1S/C7H15N3O2S/c1-5-7(2,6-8)9-13(11,12)10(3)4/h9H,5H2,1-4H3. The largest absolute Gasteiger partial charge is 0.280 e. The Kier molecular flexibility index (Phi) is 3.85. The molecule has 0 saturated carbocycles. The van der Waals surface area contributed by atoms with Gasteiger partial charge in [0.1, 0.15) is 5.54 Å². The molecule has 0 fully saturated rings. The zero-order valence-electron chi connectivity index (χ0n) is 8.33. The summed E-state index contributed by atoms with van der Waals surface area (Å²) in [6, 6.07) is 1.92. The summed E-state index contributed by atoms with van der Waals surface area (Å²) in [5.74, 6) is 0. The highest BCUT2D eigenvalue weighted by molar-refractivity contribution is 7.87. The molecule has 0 bridgehead atoms. The van der Waals surface area contributed by atoms with Crippen LogP contribution in [0.2, 0.25) is 0 Å². The van der Waals surface area contributed by atoms with Gasteiger partial charge in [-0.05, 0) is 13.3 Å². The normalized spacial score (nSPS) is 16.6. The molecule has 0 saturated heterocycles. The third kappa shape index (κ3) is 3.30. The van der Waals surface area contributed by atoms with Crippen LogP contribution in [-0.4, -0.2) is 32.4 Å². The van der Waals surface area contributed by atoms with Crippen molar-refractivity contribution in [1.29, 1.82) is 5.26 Å². The van der Waals surface area contributed by atoms with E-state index in [2.05, 4.69) is 4.72 Å². The van der Waals surface area contributed by atoms with E-state index in [-0.39, 0.29) is 0 Å². The zero-order valence-corrected chi connectivity index (χ0v) is 9.14. The van der Waals surface area contributed by atoms with Crippen LogP contribution in [0.1, 0.15) is 20.3 Å². The van der Waals surface area contributed by atoms with Gasteiger partial charge in [-0.2, -0.15) is 22.7 Å². The van der Waals surface area contributed by atoms with Gasteiger partial charge in [0, 0.05) is 14.1 Å². The van der Waals surface area contributed by atoms with Gasteiger partial charge < -0.3 is 0 Å². The van der Waals surface area contributed by atoms with Crippen molar-refractivity contribution in [2.45, 2.75) is 25.8 Å². The molecule has 1 N–H and O–H groups in total. The Bertz CT molecular complexity index is 304. The Morgan fingerprint density at radius 3 is 2.23 bits per heavy atom. The maximum atomic E-state index is 11.3. The van der Waals surface area contributed by atoms with Crippen molar-refractivity contribution in [3.05, 3.63) is 0 Å². The first kappa shape index (κ1) is 12.4. The molecule has 1 unspecified atom stereocenters. The van der Waals surface area contributed by atoms with E-state index in [9.17, 15) is 8.42 Å². The molecule has 0 radical (unpaired) electrons. The van der Waals surface area contributed by atoms with Gasteiger partial charge in [-0.3, -0.25) is 0 Å². The zero-order chi connectivity index (χ0) is 10.7. The Hall–Kier alpha value is -0.640. The molecular weight excluding hydrogens is 190 g/mol. The highest BCUT2D eigenvalue weighted by atomic mass is 32.2. The summed E-state index contributed by atoms with van der Waals surface area (Å²) in [6.07, 6.45) is 0.427. The van der Waals surface area contributed by atoms with Crippen molar-refractivity contribution in [2.75, 3.05) is 14.1 Å². The van der Waals surface area contributed by atoms with Crippen LogP contribution in [0.3, 0.4) is 0 Å². The molecule has 5 nitrogen and oxygen atoms in total. The molecule has 0 aliphatic heterocycles. The Morgan fingerprint density at radius 1 is 1.54 bits per heavy atom. The number of hydrogen-bond donors (Lipinski definition) is 1. The number of hydrogen-bond acceptors (Lipinski definition) is 3. The predicted octanol–water partition coefficient (Wildman–Crippen LogP) is 0.0747. The van der Waals surface area contributed by atoms with Gasteiger partial charge in [-0.15, -0.1) is 0 Å². The lowest BCUT2D eigenvalue weighted by molar-refractivity contribution is 0.454. The van der Waals surface area contributed by atoms with E-state index in [0.717, 1.165) is 4.31 Å². The Morgan fingerprint density at radius 2 is 2.00 bits per heavy atom. The van der Waals surface area contributed by atoms with E-state index in [4.69, 9.17) is 5.26 Å². The van der Waals surface area contributed by atoms with Gasteiger partial charge in [0.25, 0.3) is 10.2 Å². The van der Waals surface area contributed by atoms with E-state index >= 15 is 0 Å². The van der Waals surface area contributed by atoms with Crippen LogP contribution in [-0.2, 0) is 10.2 Å². The van der Waals surface area contributed by atoms with E-state index in [1.807, 2.05) is 6.07 Å². The van der Waals surface area contributed by atoms with Gasteiger partial charge in [0.15, 0.2) is 0 Å². The van der Waals surface area contributed by atoms with E-state index in [1.165, 1.54) is 14.1 Å². The molecule has 0 aliphatic rings. The minimum absolute atomic E-state index is 0.427. The quantitative estimate of drug-likeness (QED) is 0.706. The molecule has 0 aliphatic carbocycles. The predicted molar refractivity (Wildman–Crippen MR) is 50.1 cm³/mol. The van der Waals surface area contributed by atoms with Crippen LogP contribution in [0.5, 0.6) is 0 Å². The number of rotatable bonds is 4. The van der Waals surface area contributed by atoms with E-state index in [1.54, 1.807) is 13.8 Å². The third-order valence-electron chi connectivity index (χ3n) is 1.79. The molecule has 0 spiro atoms. The SMILES string of the molecule is CCC(C)(C#N)NS(=O)(=O)N(C)C. The molecule has 0 aromatic heterocycles. The Balaban J connectivity index is 4.73. The second-order valence-electron chi connectivity index (χ2n) is 3.19. The van der Waals surface area contributed by atoms with Crippen LogP contribution in [0.15, 0.2) is 0 Å². The third-order valence-corrected chi connectivity index (χ3v) is 3.46. The number of nitrogens with one attached hydrogen (secondary N) is 1. The van der Waals surface area contributed by atoms with Crippen molar-refractivity contribution in [2.24, 2.45) is 0 Å². The van der Waals surface area contributed by atoms with Crippen LogP contribution < -0.4 is 4.72 Å². The maximum absolute atomic E-state index is 11.3. The lowest BCUT2D eigenvalue weighted by Crippen LogP contribution is -2.48. The van der Waals surface area contributed by atoms with E-state index < -0.39 is 15.7 Å². The minimum Gasteiger partial charge on any atom is -0.196 e. The number of nitriles is 1. The molecule has 0 aromatic rings. The highest BCUT2D eigenvalue weighted by Crippen LogP contribution is 2.09. The average Bonchev–Trinajstić information content (AvgIpc) is 2.03. The molecule has 1 atom stereocenters. The fraction of sp³-hybridized carbons (Fsp3) is 0.857.